The summed E-state index contributed by atoms with van der Waals surface area (Å²) in [6, 6.07) is 4.54. The molecule has 4 heteroatoms. The zero-order valence-corrected chi connectivity index (χ0v) is 9.73. The van der Waals surface area contributed by atoms with Crippen LogP contribution in [0.3, 0.4) is 0 Å². The van der Waals surface area contributed by atoms with Crippen molar-refractivity contribution >= 4 is 11.8 Å². The molecular formula is C12H14FNOS. The Kier molecular flexibility index (Phi) is 2.37. The van der Waals surface area contributed by atoms with E-state index in [0.717, 1.165) is 35.7 Å². The molecule has 1 unspecified atom stereocenters. The van der Waals surface area contributed by atoms with Crippen LogP contribution in [-0.2, 0) is 0 Å². The van der Waals surface area contributed by atoms with Crippen molar-refractivity contribution in [3.05, 3.63) is 29.6 Å². The minimum Gasteiger partial charge on any atom is -0.486 e. The normalized spacial score (nSPS) is 32.5. The Morgan fingerprint density at radius 2 is 2.38 bits per heavy atom. The Morgan fingerprint density at radius 1 is 1.50 bits per heavy atom. The predicted molar refractivity (Wildman–Crippen MR) is 63.2 cm³/mol. The van der Waals surface area contributed by atoms with Crippen molar-refractivity contribution in [3.63, 3.8) is 0 Å². The number of halogens is 1. The molecule has 0 saturated carbocycles. The van der Waals surface area contributed by atoms with Crippen LogP contribution in [0, 0.1) is 5.82 Å². The molecule has 0 aromatic heterocycles. The lowest BCUT2D eigenvalue weighted by molar-refractivity contribution is 0.0613. The predicted octanol–water partition coefficient (Wildman–Crippen LogP) is 2.48. The van der Waals surface area contributed by atoms with Crippen LogP contribution in [0.5, 0.6) is 5.75 Å². The molecule has 1 saturated heterocycles. The van der Waals surface area contributed by atoms with E-state index in [4.69, 9.17) is 10.5 Å². The highest BCUT2D eigenvalue weighted by Crippen LogP contribution is 2.45. The molecule has 86 valence electrons. The molecule has 1 spiro atoms. The molecule has 0 bridgehead atoms. The third kappa shape index (κ3) is 1.60. The molecule has 2 heterocycles. The lowest BCUT2D eigenvalue weighted by atomic mass is 9.87. The van der Waals surface area contributed by atoms with E-state index in [-0.39, 0.29) is 17.5 Å². The van der Waals surface area contributed by atoms with Crippen molar-refractivity contribution in [3.8, 4) is 5.75 Å². The van der Waals surface area contributed by atoms with Gasteiger partial charge in [0.15, 0.2) is 0 Å². The van der Waals surface area contributed by atoms with Gasteiger partial charge in [0, 0.05) is 23.8 Å². The van der Waals surface area contributed by atoms with Gasteiger partial charge in [-0.15, -0.1) is 0 Å². The molecule has 2 N–H and O–H groups in total. The van der Waals surface area contributed by atoms with Crippen molar-refractivity contribution in [1.82, 2.24) is 0 Å². The molecule has 16 heavy (non-hydrogen) atoms. The van der Waals surface area contributed by atoms with Crippen molar-refractivity contribution in [2.45, 2.75) is 24.5 Å². The molecule has 2 aliphatic rings. The van der Waals surface area contributed by atoms with Crippen molar-refractivity contribution < 1.29 is 9.13 Å². The molecule has 0 radical (unpaired) electrons. The van der Waals surface area contributed by atoms with Crippen LogP contribution in [0.4, 0.5) is 4.39 Å². The number of ether oxygens (including phenoxy) is 1. The van der Waals surface area contributed by atoms with Crippen LogP contribution in [-0.4, -0.2) is 17.1 Å². The van der Waals surface area contributed by atoms with Gasteiger partial charge in [-0.3, -0.25) is 0 Å². The highest BCUT2D eigenvalue weighted by molar-refractivity contribution is 7.99. The van der Waals surface area contributed by atoms with Gasteiger partial charge in [0.2, 0.25) is 0 Å². The molecule has 0 aliphatic carbocycles. The zero-order valence-electron chi connectivity index (χ0n) is 8.91. The summed E-state index contributed by atoms with van der Waals surface area (Å²) in [5, 5.41) is 0. The fourth-order valence-electron chi connectivity index (χ4n) is 2.52. The Labute approximate surface area is 98.4 Å². The number of nitrogens with two attached hydrogens (primary N) is 1. The third-order valence-corrected chi connectivity index (χ3v) is 4.58. The molecule has 1 aromatic carbocycles. The molecule has 2 atom stereocenters. The molecule has 2 nitrogen and oxygen atoms in total. The van der Waals surface area contributed by atoms with E-state index < -0.39 is 0 Å². The van der Waals surface area contributed by atoms with Crippen LogP contribution in [0.1, 0.15) is 24.4 Å². The fourth-order valence-corrected chi connectivity index (χ4v) is 3.87. The molecule has 1 aromatic rings. The Morgan fingerprint density at radius 3 is 3.12 bits per heavy atom. The topological polar surface area (TPSA) is 35.2 Å². The van der Waals surface area contributed by atoms with Crippen molar-refractivity contribution in [2.24, 2.45) is 5.73 Å². The van der Waals surface area contributed by atoms with Crippen LogP contribution < -0.4 is 10.5 Å². The number of hydrogen-bond acceptors (Lipinski definition) is 3. The van der Waals surface area contributed by atoms with Crippen molar-refractivity contribution in [2.75, 3.05) is 11.5 Å². The highest BCUT2D eigenvalue weighted by atomic mass is 32.2. The molecule has 3 rings (SSSR count). The van der Waals surface area contributed by atoms with Gasteiger partial charge in [-0.1, -0.05) is 0 Å². The number of thioether (sulfide) groups is 1. The highest BCUT2D eigenvalue weighted by Gasteiger charge is 2.42. The van der Waals surface area contributed by atoms with E-state index in [2.05, 4.69) is 0 Å². The van der Waals surface area contributed by atoms with Crippen molar-refractivity contribution in [1.29, 1.82) is 0 Å². The second-order valence-electron chi connectivity index (χ2n) is 4.58. The second-order valence-corrected chi connectivity index (χ2v) is 5.69. The van der Waals surface area contributed by atoms with E-state index in [1.165, 1.54) is 12.1 Å². The van der Waals surface area contributed by atoms with E-state index in [1.54, 1.807) is 6.07 Å². The first-order valence-corrected chi connectivity index (χ1v) is 6.66. The number of fused-ring (bicyclic) bond motifs is 1. The average Bonchev–Trinajstić information content (AvgIpc) is 2.68. The van der Waals surface area contributed by atoms with Gasteiger partial charge in [-0.25, -0.2) is 4.39 Å². The number of rotatable bonds is 0. The van der Waals surface area contributed by atoms with Crippen LogP contribution in [0.2, 0.25) is 0 Å². The Balaban J connectivity index is 1.99. The van der Waals surface area contributed by atoms with E-state index in [0.29, 0.717) is 0 Å². The van der Waals surface area contributed by atoms with Gasteiger partial charge in [0.05, 0.1) is 0 Å². The smallest absolute Gasteiger partial charge is 0.125 e. The summed E-state index contributed by atoms with van der Waals surface area (Å²) in [6.45, 7) is 0. The van der Waals surface area contributed by atoms with Crippen LogP contribution >= 0.6 is 11.8 Å². The van der Waals surface area contributed by atoms with Gasteiger partial charge in [0.25, 0.3) is 0 Å². The minimum atomic E-state index is -0.241. The summed E-state index contributed by atoms with van der Waals surface area (Å²) in [7, 11) is 0. The van der Waals surface area contributed by atoms with Gasteiger partial charge < -0.3 is 10.5 Å². The lowest BCUT2D eigenvalue weighted by Crippen LogP contribution is -2.43. The monoisotopic (exact) mass is 239 g/mol. The summed E-state index contributed by atoms with van der Waals surface area (Å²) < 4.78 is 19.2. The van der Waals surface area contributed by atoms with E-state index >= 15 is 0 Å². The fraction of sp³-hybridized carbons (Fsp3) is 0.500. The van der Waals surface area contributed by atoms with E-state index in [9.17, 15) is 4.39 Å². The summed E-state index contributed by atoms with van der Waals surface area (Å²) in [5.41, 5.74) is 6.82. The van der Waals surface area contributed by atoms with Gasteiger partial charge in [-0.2, -0.15) is 11.8 Å². The average molecular weight is 239 g/mol. The third-order valence-electron chi connectivity index (χ3n) is 3.36. The molecule has 0 amide bonds. The van der Waals surface area contributed by atoms with E-state index in [1.807, 2.05) is 11.8 Å². The van der Waals surface area contributed by atoms with Crippen LogP contribution in [0.25, 0.3) is 0 Å². The van der Waals surface area contributed by atoms with Gasteiger partial charge >= 0.3 is 0 Å². The largest absolute Gasteiger partial charge is 0.486 e. The number of benzene rings is 1. The number of hydrogen-bond donors (Lipinski definition) is 1. The maximum Gasteiger partial charge on any atom is 0.125 e. The standard InChI is InChI=1S/C12H14FNOS/c13-8-1-2-11-9(5-8)10(14)6-12(15-11)3-4-16-7-12/h1-2,5,10H,3-4,6-7,14H2/t10-,12?/m1/s1. The van der Waals surface area contributed by atoms with Gasteiger partial charge in [0.1, 0.15) is 17.2 Å². The maximum absolute atomic E-state index is 13.1. The zero-order chi connectivity index (χ0) is 11.2. The summed E-state index contributed by atoms with van der Waals surface area (Å²) >= 11 is 1.90. The quantitative estimate of drug-likeness (QED) is 0.755. The van der Waals surface area contributed by atoms with Crippen LogP contribution in [0.15, 0.2) is 18.2 Å². The molecular weight excluding hydrogens is 225 g/mol. The Bertz CT molecular complexity index is 417. The second kappa shape index (κ2) is 3.64. The molecule has 2 aliphatic heterocycles. The lowest BCUT2D eigenvalue weighted by Gasteiger charge is -2.38. The first-order valence-electron chi connectivity index (χ1n) is 5.50. The summed E-state index contributed by atoms with van der Waals surface area (Å²) in [6.07, 6.45) is 1.85. The maximum atomic E-state index is 13.1. The summed E-state index contributed by atoms with van der Waals surface area (Å²) in [5.74, 6) is 2.65. The Hall–Kier alpha value is -0.740. The van der Waals surface area contributed by atoms with Gasteiger partial charge in [-0.05, 0) is 30.4 Å². The first-order chi connectivity index (χ1) is 7.69. The minimum absolute atomic E-state index is 0.0989. The SMILES string of the molecule is N[C@@H]1CC2(CCSC2)Oc2ccc(F)cc21. The molecule has 1 fully saturated rings. The first kappa shape index (κ1) is 10.4. The summed E-state index contributed by atoms with van der Waals surface area (Å²) in [4.78, 5) is 0.